The van der Waals surface area contributed by atoms with Crippen molar-refractivity contribution in [2.45, 2.75) is 6.04 Å². The maximum Gasteiger partial charge on any atom is 0.147 e. The van der Waals surface area contributed by atoms with Crippen molar-refractivity contribution in [3.8, 4) is 10.6 Å². The quantitative estimate of drug-likeness (QED) is 0.802. The number of hydrogen-bond donors (Lipinski definition) is 1. The second-order valence-electron chi connectivity index (χ2n) is 4.34. The molecule has 1 heterocycles. The Morgan fingerprint density at radius 2 is 1.80 bits per heavy atom. The molecule has 0 aliphatic heterocycles. The lowest BCUT2D eigenvalue weighted by Gasteiger charge is -2.06. The number of nitrogens with zero attached hydrogens (tertiary/aromatic N) is 2. The lowest BCUT2D eigenvalue weighted by atomic mass is 10.1. The molecule has 3 nitrogen and oxygen atoms in total. The average molecular weight is 285 g/mol. The molecule has 1 unspecified atom stereocenters. The minimum absolute atomic E-state index is 0.286. The molecule has 20 heavy (non-hydrogen) atoms. The fraction of sp³-hybridized carbons (Fsp3) is 0.0667. The van der Waals surface area contributed by atoms with Gasteiger partial charge in [-0.25, -0.2) is 4.39 Å². The van der Waals surface area contributed by atoms with E-state index in [-0.39, 0.29) is 11.9 Å². The Balaban J connectivity index is 1.91. The Bertz CT molecular complexity index is 712. The van der Waals surface area contributed by atoms with Gasteiger partial charge in [0, 0.05) is 5.56 Å². The molecule has 0 saturated heterocycles. The maximum absolute atomic E-state index is 13.2. The van der Waals surface area contributed by atoms with Crippen LogP contribution in [-0.4, -0.2) is 10.2 Å². The van der Waals surface area contributed by atoms with Gasteiger partial charge in [-0.3, -0.25) is 0 Å². The Labute approximate surface area is 119 Å². The van der Waals surface area contributed by atoms with E-state index < -0.39 is 0 Å². The van der Waals surface area contributed by atoms with Gasteiger partial charge in [-0.1, -0.05) is 53.8 Å². The van der Waals surface area contributed by atoms with Gasteiger partial charge in [-0.2, -0.15) is 0 Å². The van der Waals surface area contributed by atoms with E-state index in [2.05, 4.69) is 10.2 Å². The molecule has 0 fully saturated rings. The standard InChI is InChI=1S/C15H12FN3S/c16-12-8-4-7-11(9-12)14-18-19-15(20-14)13(17)10-5-2-1-3-6-10/h1-9,13H,17H2. The van der Waals surface area contributed by atoms with Crippen molar-refractivity contribution in [2.75, 3.05) is 0 Å². The van der Waals surface area contributed by atoms with Gasteiger partial charge in [0.1, 0.15) is 15.8 Å². The summed E-state index contributed by atoms with van der Waals surface area (Å²) in [4.78, 5) is 0. The summed E-state index contributed by atoms with van der Waals surface area (Å²) in [6.07, 6.45) is 0. The predicted octanol–water partition coefficient (Wildman–Crippen LogP) is 3.39. The average Bonchev–Trinajstić information content (AvgIpc) is 2.97. The van der Waals surface area contributed by atoms with Crippen molar-refractivity contribution in [1.29, 1.82) is 0 Å². The molecule has 0 saturated carbocycles. The topological polar surface area (TPSA) is 51.8 Å². The summed E-state index contributed by atoms with van der Waals surface area (Å²) in [6, 6.07) is 15.7. The van der Waals surface area contributed by atoms with E-state index in [0.717, 1.165) is 10.6 Å². The summed E-state index contributed by atoms with van der Waals surface area (Å²) >= 11 is 1.38. The molecule has 0 radical (unpaired) electrons. The van der Waals surface area contributed by atoms with Gasteiger partial charge >= 0.3 is 0 Å². The molecule has 100 valence electrons. The van der Waals surface area contributed by atoms with E-state index in [1.54, 1.807) is 12.1 Å². The number of aromatic nitrogens is 2. The first-order valence-corrected chi connectivity index (χ1v) is 6.95. The molecule has 2 N–H and O–H groups in total. The maximum atomic E-state index is 13.2. The number of halogens is 1. The van der Waals surface area contributed by atoms with Crippen LogP contribution in [0.5, 0.6) is 0 Å². The van der Waals surface area contributed by atoms with Crippen LogP contribution < -0.4 is 5.73 Å². The van der Waals surface area contributed by atoms with Crippen LogP contribution >= 0.6 is 11.3 Å². The smallest absolute Gasteiger partial charge is 0.147 e. The van der Waals surface area contributed by atoms with Gasteiger partial charge in [0.15, 0.2) is 0 Å². The van der Waals surface area contributed by atoms with Crippen molar-refractivity contribution < 1.29 is 4.39 Å². The van der Waals surface area contributed by atoms with Crippen molar-refractivity contribution in [2.24, 2.45) is 5.73 Å². The molecule has 0 aliphatic rings. The first-order chi connectivity index (χ1) is 9.74. The highest BCUT2D eigenvalue weighted by Gasteiger charge is 2.15. The molecule has 3 rings (SSSR count). The minimum Gasteiger partial charge on any atom is -0.318 e. The molecule has 0 spiro atoms. The summed E-state index contributed by atoms with van der Waals surface area (Å²) in [5.41, 5.74) is 7.87. The number of hydrogen-bond acceptors (Lipinski definition) is 4. The van der Waals surface area contributed by atoms with Gasteiger partial charge < -0.3 is 5.73 Å². The normalized spacial score (nSPS) is 12.3. The third-order valence-corrected chi connectivity index (χ3v) is 3.99. The highest BCUT2D eigenvalue weighted by molar-refractivity contribution is 7.14. The summed E-state index contributed by atoms with van der Waals surface area (Å²) in [7, 11) is 0. The highest BCUT2D eigenvalue weighted by Crippen LogP contribution is 2.28. The molecule has 0 amide bonds. The van der Waals surface area contributed by atoms with Gasteiger partial charge in [-0.15, -0.1) is 10.2 Å². The SMILES string of the molecule is NC(c1ccccc1)c1nnc(-c2cccc(F)c2)s1. The van der Waals surface area contributed by atoms with Gasteiger partial charge in [0.05, 0.1) is 6.04 Å². The first kappa shape index (κ1) is 12.9. The summed E-state index contributed by atoms with van der Waals surface area (Å²) in [5.74, 6) is -0.286. The van der Waals surface area contributed by atoms with Crippen molar-refractivity contribution in [1.82, 2.24) is 10.2 Å². The van der Waals surface area contributed by atoms with Crippen LogP contribution in [0.15, 0.2) is 54.6 Å². The molecule has 5 heteroatoms. The molecule has 1 aromatic heterocycles. The summed E-state index contributed by atoms with van der Waals surface area (Å²) < 4.78 is 13.2. The predicted molar refractivity (Wildman–Crippen MR) is 77.8 cm³/mol. The number of benzene rings is 2. The van der Waals surface area contributed by atoms with Crippen LogP contribution in [0.2, 0.25) is 0 Å². The zero-order chi connectivity index (χ0) is 13.9. The molecule has 0 bridgehead atoms. The molecular formula is C15H12FN3S. The van der Waals surface area contributed by atoms with Crippen molar-refractivity contribution in [3.63, 3.8) is 0 Å². The second-order valence-corrected chi connectivity index (χ2v) is 5.35. The largest absolute Gasteiger partial charge is 0.318 e. The van der Waals surface area contributed by atoms with Crippen LogP contribution in [0.3, 0.4) is 0 Å². The van der Waals surface area contributed by atoms with Crippen molar-refractivity contribution in [3.05, 3.63) is 71.0 Å². The van der Waals surface area contributed by atoms with E-state index in [1.165, 1.54) is 23.5 Å². The first-order valence-electron chi connectivity index (χ1n) is 6.14. The molecular weight excluding hydrogens is 273 g/mol. The Morgan fingerprint density at radius 3 is 2.55 bits per heavy atom. The van der Waals surface area contributed by atoms with Crippen LogP contribution in [0.25, 0.3) is 10.6 Å². The fourth-order valence-corrected chi connectivity index (χ4v) is 2.77. The second kappa shape index (κ2) is 5.48. The number of nitrogens with two attached hydrogens (primary N) is 1. The van der Waals surface area contributed by atoms with E-state index in [1.807, 2.05) is 30.3 Å². The van der Waals surface area contributed by atoms with Crippen molar-refractivity contribution >= 4 is 11.3 Å². The zero-order valence-corrected chi connectivity index (χ0v) is 11.3. The number of rotatable bonds is 3. The van der Waals surface area contributed by atoms with E-state index >= 15 is 0 Å². The van der Waals surface area contributed by atoms with E-state index in [9.17, 15) is 4.39 Å². The third-order valence-electron chi connectivity index (χ3n) is 2.94. The van der Waals surface area contributed by atoms with Crippen LogP contribution in [0.1, 0.15) is 16.6 Å². The van der Waals surface area contributed by atoms with Gasteiger partial charge in [0.25, 0.3) is 0 Å². The van der Waals surface area contributed by atoms with Crippen LogP contribution in [-0.2, 0) is 0 Å². The van der Waals surface area contributed by atoms with Crippen LogP contribution in [0, 0.1) is 5.82 Å². The van der Waals surface area contributed by atoms with Gasteiger partial charge in [0.2, 0.25) is 0 Å². The third kappa shape index (κ3) is 2.59. The van der Waals surface area contributed by atoms with Crippen LogP contribution in [0.4, 0.5) is 4.39 Å². The fourth-order valence-electron chi connectivity index (χ4n) is 1.90. The molecule has 3 aromatic rings. The highest BCUT2D eigenvalue weighted by atomic mass is 32.1. The Hall–Kier alpha value is -2.11. The Kier molecular flexibility index (Phi) is 3.54. The molecule has 2 aromatic carbocycles. The molecule has 1 atom stereocenters. The minimum atomic E-state index is -0.309. The van der Waals surface area contributed by atoms with Gasteiger partial charge in [-0.05, 0) is 17.7 Å². The van der Waals surface area contributed by atoms with E-state index in [4.69, 9.17) is 5.73 Å². The summed E-state index contributed by atoms with van der Waals surface area (Å²) in [6.45, 7) is 0. The zero-order valence-electron chi connectivity index (χ0n) is 10.5. The Morgan fingerprint density at radius 1 is 1.00 bits per heavy atom. The lowest BCUT2D eigenvalue weighted by molar-refractivity contribution is 0.628. The molecule has 0 aliphatic carbocycles. The monoisotopic (exact) mass is 285 g/mol. The lowest BCUT2D eigenvalue weighted by Crippen LogP contribution is -2.11. The van der Waals surface area contributed by atoms with E-state index in [0.29, 0.717) is 10.6 Å². The summed E-state index contributed by atoms with van der Waals surface area (Å²) in [5, 5.41) is 9.61.